The number of pyridine rings is 1. The molecule has 1 fully saturated rings. The molecule has 2 heterocycles. The monoisotopic (exact) mass is 339 g/mol. The second-order valence-corrected chi connectivity index (χ2v) is 7.01. The van der Waals surface area contributed by atoms with Crippen molar-refractivity contribution >= 4 is 0 Å². The number of rotatable bonds is 7. The zero-order chi connectivity index (χ0) is 17.6. The van der Waals surface area contributed by atoms with Gasteiger partial charge in [0.25, 0.3) is 0 Å². The summed E-state index contributed by atoms with van der Waals surface area (Å²) in [5, 5.41) is 0. The average molecular weight is 339 g/mol. The first-order valence-electron chi connectivity index (χ1n) is 9.15. The van der Waals surface area contributed by atoms with Gasteiger partial charge in [-0.15, -0.1) is 0 Å². The quantitative estimate of drug-likeness (QED) is 0.765. The van der Waals surface area contributed by atoms with Crippen molar-refractivity contribution in [3.63, 3.8) is 0 Å². The lowest BCUT2D eigenvalue weighted by atomic mass is 10.1. The van der Waals surface area contributed by atoms with E-state index in [4.69, 9.17) is 4.74 Å². The normalized spacial score (nSPS) is 16.3. The number of hydrogen-bond acceptors (Lipinski definition) is 4. The van der Waals surface area contributed by atoms with Gasteiger partial charge in [-0.05, 0) is 69.2 Å². The molecule has 0 N–H and O–H groups in total. The van der Waals surface area contributed by atoms with Crippen LogP contribution in [0.1, 0.15) is 42.5 Å². The third-order valence-corrected chi connectivity index (χ3v) is 5.20. The van der Waals surface area contributed by atoms with Crippen LogP contribution in [0.5, 0.6) is 5.75 Å². The second-order valence-electron chi connectivity index (χ2n) is 7.01. The van der Waals surface area contributed by atoms with Crippen molar-refractivity contribution in [3.8, 4) is 5.75 Å². The SMILES string of the molecule is COc1ccc(CN(C)C(C)c2cccnc2)cc1CN1CCCC1. The highest BCUT2D eigenvalue weighted by atomic mass is 16.5. The number of methoxy groups -OCH3 is 1. The number of ether oxygens (including phenoxy) is 1. The maximum Gasteiger partial charge on any atom is 0.123 e. The van der Waals surface area contributed by atoms with Crippen LogP contribution in [0.25, 0.3) is 0 Å². The molecule has 0 saturated carbocycles. The van der Waals surface area contributed by atoms with Crippen molar-refractivity contribution in [2.45, 2.75) is 38.9 Å². The Morgan fingerprint density at radius 1 is 1.24 bits per heavy atom. The molecule has 3 rings (SSSR count). The van der Waals surface area contributed by atoms with E-state index < -0.39 is 0 Å². The van der Waals surface area contributed by atoms with Crippen LogP contribution in [0, 0.1) is 0 Å². The minimum Gasteiger partial charge on any atom is -0.496 e. The molecule has 1 atom stereocenters. The molecule has 4 nitrogen and oxygen atoms in total. The lowest BCUT2D eigenvalue weighted by Gasteiger charge is -2.25. The number of aromatic nitrogens is 1. The summed E-state index contributed by atoms with van der Waals surface area (Å²) in [4.78, 5) is 9.12. The van der Waals surface area contributed by atoms with E-state index in [-0.39, 0.29) is 0 Å². The fourth-order valence-corrected chi connectivity index (χ4v) is 3.54. The van der Waals surface area contributed by atoms with E-state index in [0.29, 0.717) is 6.04 Å². The van der Waals surface area contributed by atoms with Gasteiger partial charge in [0.05, 0.1) is 7.11 Å². The molecule has 25 heavy (non-hydrogen) atoms. The molecule has 1 saturated heterocycles. The van der Waals surface area contributed by atoms with Gasteiger partial charge in [-0.3, -0.25) is 14.8 Å². The summed E-state index contributed by atoms with van der Waals surface area (Å²) in [5.74, 6) is 0.999. The zero-order valence-corrected chi connectivity index (χ0v) is 15.6. The van der Waals surface area contributed by atoms with E-state index in [0.717, 1.165) is 18.8 Å². The van der Waals surface area contributed by atoms with Gasteiger partial charge in [0, 0.05) is 37.1 Å². The van der Waals surface area contributed by atoms with Gasteiger partial charge >= 0.3 is 0 Å². The Labute approximate surface area is 151 Å². The predicted molar refractivity (Wildman–Crippen MR) is 102 cm³/mol. The van der Waals surface area contributed by atoms with Crippen molar-refractivity contribution in [2.75, 3.05) is 27.2 Å². The van der Waals surface area contributed by atoms with E-state index in [2.05, 4.69) is 53.0 Å². The van der Waals surface area contributed by atoms with Crippen molar-refractivity contribution in [1.82, 2.24) is 14.8 Å². The minimum atomic E-state index is 0.331. The molecular weight excluding hydrogens is 310 g/mol. The Morgan fingerprint density at radius 3 is 2.72 bits per heavy atom. The van der Waals surface area contributed by atoms with Crippen molar-refractivity contribution in [2.24, 2.45) is 0 Å². The fraction of sp³-hybridized carbons (Fsp3) is 0.476. The molecule has 0 radical (unpaired) electrons. The van der Waals surface area contributed by atoms with Crippen LogP contribution in [0.15, 0.2) is 42.7 Å². The topological polar surface area (TPSA) is 28.6 Å². The molecule has 0 aliphatic carbocycles. The van der Waals surface area contributed by atoms with Crippen LogP contribution >= 0.6 is 0 Å². The number of hydrogen-bond donors (Lipinski definition) is 0. The molecule has 0 amide bonds. The Hall–Kier alpha value is -1.91. The van der Waals surface area contributed by atoms with E-state index in [1.54, 1.807) is 7.11 Å². The summed E-state index contributed by atoms with van der Waals surface area (Å²) in [7, 11) is 3.93. The summed E-state index contributed by atoms with van der Waals surface area (Å²) in [6.07, 6.45) is 6.40. The van der Waals surface area contributed by atoms with Crippen LogP contribution in [-0.2, 0) is 13.1 Å². The number of nitrogens with zero attached hydrogens (tertiary/aromatic N) is 3. The largest absolute Gasteiger partial charge is 0.496 e. The summed E-state index contributed by atoms with van der Waals surface area (Å²) in [6.45, 7) is 6.52. The number of benzene rings is 1. The molecule has 1 aliphatic rings. The number of likely N-dealkylation sites (tertiary alicyclic amines) is 1. The Morgan fingerprint density at radius 2 is 2.04 bits per heavy atom. The molecule has 134 valence electrons. The maximum atomic E-state index is 5.58. The molecule has 1 aliphatic heterocycles. The van der Waals surface area contributed by atoms with Crippen LogP contribution in [0.2, 0.25) is 0 Å². The molecular formula is C21H29N3O. The maximum absolute atomic E-state index is 5.58. The van der Waals surface area contributed by atoms with Crippen LogP contribution in [-0.4, -0.2) is 42.0 Å². The van der Waals surface area contributed by atoms with Gasteiger partial charge in [-0.2, -0.15) is 0 Å². The minimum absolute atomic E-state index is 0.331. The standard InChI is InChI=1S/C21H29N3O/c1-17(19-7-6-10-22-14-19)23(2)15-18-8-9-21(25-3)20(13-18)16-24-11-4-5-12-24/h6-10,13-14,17H,4-5,11-12,15-16H2,1-3H3. The zero-order valence-electron chi connectivity index (χ0n) is 15.6. The Kier molecular flexibility index (Phi) is 6.05. The summed E-state index contributed by atoms with van der Waals surface area (Å²) < 4.78 is 5.58. The third kappa shape index (κ3) is 4.59. The van der Waals surface area contributed by atoms with Crippen LogP contribution < -0.4 is 4.74 Å². The molecule has 1 aromatic heterocycles. The van der Waals surface area contributed by atoms with Crippen molar-refractivity contribution in [1.29, 1.82) is 0 Å². The smallest absolute Gasteiger partial charge is 0.123 e. The molecule has 4 heteroatoms. The lowest BCUT2D eigenvalue weighted by molar-refractivity contribution is 0.252. The third-order valence-electron chi connectivity index (χ3n) is 5.20. The predicted octanol–water partition coefficient (Wildman–Crippen LogP) is 3.88. The summed E-state index contributed by atoms with van der Waals surface area (Å²) in [5.41, 5.74) is 3.87. The molecule has 1 aromatic carbocycles. The van der Waals surface area contributed by atoms with Gasteiger partial charge in [0.15, 0.2) is 0 Å². The first kappa shape index (κ1) is 17.9. The average Bonchev–Trinajstić information content (AvgIpc) is 3.15. The Bertz CT molecular complexity index is 668. The van der Waals surface area contributed by atoms with Crippen LogP contribution in [0.3, 0.4) is 0 Å². The lowest BCUT2D eigenvalue weighted by Crippen LogP contribution is -2.22. The van der Waals surface area contributed by atoms with Gasteiger partial charge in [0.2, 0.25) is 0 Å². The van der Waals surface area contributed by atoms with Gasteiger partial charge in [-0.1, -0.05) is 12.1 Å². The summed E-state index contributed by atoms with van der Waals surface area (Å²) >= 11 is 0. The van der Waals surface area contributed by atoms with Crippen molar-refractivity contribution < 1.29 is 4.74 Å². The highest BCUT2D eigenvalue weighted by Crippen LogP contribution is 2.26. The van der Waals surface area contributed by atoms with Crippen LogP contribution in [0.4, 0.5) is 0 Å². The van der Waals surface area contributed by atoms with Gasteiger partial charge in [0.1, 0.15) is 5.75 Å². The van der Waals surface area contributed by atoms with E-state index in [1.165, 1.54) is 42.6 Å². The Balaban J connectivity index is 1.71. The first-order chi connectivity index (χ1) is 12.2. The molecule has 1 unspecified atom stereocenters. The summed E-state index contributed by atoms with van der Waals surface area (Å²) in [6, 6.07) is 11.1. The molecule has 2 aromatic rings. The highest BCUT2D eigenvalue weighted by molar-refractivity contribution is 5.37. The fourth-order valence-electron chi connectivity index (χ4n) is 3.54. The molecule has 0 bridgehead atoms. The first-order valence-corrected chi connectivity index (χ1v) is 9.15. The molecule has 0 spiro atoms. The van der Waals surface area contributed by atoms with E-state index in [1.807, 2.05) is 18.5 Å². The van der Waals surface area contributed by atoms with Gasteiger partial charge < -0.3 is 4.74 Å². The second kappa shape index (κ2) is 8.45. The van der Waals surface area contributed by atoms with E-state index in [9.17, 15) is 0 Å². The van der Waals surface area contributed by atoms with E-state index >= 15 is 0 Å². The van der Waals surface area contributed by atoms with Gasteiger partial charge in [-0.25, -0.2) is 0 Å². The van der Waals surface area contributed by atoms with Crippen molar-refractivity contribution in [3.05, 3.63) is 59.4 Å². The highest BCUT2D eigenvalue weighted by Gasteiger charge is 2.16.